The van der Waals surface area contributed by atoms with Crippen molar-refractivity contribution in [2.75, 3.05) is 0 Å². The Bertz CT molecular complexity index is 471. The van der Waals surface area contributed by atoms with E-state index < -0.39 is 0 Å². The van der Waals surface area contributed by atoms with Gasteiger partial charge in [0, 0.05) is 12.6 Å². The molecule has 0 amide bonds. The first-order chi connectivity index (χ1) is 10.1. The predicted molar refractivity (Wildman–Crippen MR) is 83.6 cm³/mol. The summed E-state index contributed by atoms with van der Waals surface area (Å²) >= 11 is 0. The van der Waals surface area contributed by atoms with Gasteiger partial charge in [0.1, 0.15) is 0 Å². The molecule has 1 aliphatic carbocycles. The minimum absolute atomic E-state index is 0.508. The Morgan fingerprint density at radius 1 is 1.38 bits per heavy atom. The van der Waals surface area contributed by atoms with Gasteiger partial charge < -0.3 is 0 Å². The molecule has 1 saturated carbocycles. The van der Waals surface area contributed by atoms with Gasteiger partial charge in [-0.3, -0.25) is 0 Å². The van der Waals surface area contributed by atoms with Crippen molar-refractivity contribution in [1.29, 1.82) is 5.26 Å². The molecule has 1 heterocycles. The molecule has 0 N–H and O–H groups in total. The average molecular weight is 288 g/mol. The molecule has 21 heavy (non-hydrogen) atoms. The highest BCUT2D eigenvalue weighted by Crippen LogP contribution is 2.40. The van der Waals surface area contributed by atoms with Crippen molar-refractivity contribution in [2.45, 2.75) is 71.8 Å². The lowest BCUT2D eigenvalue weighted by Gasteiger charge is -2.37. The SMILES string of the molecule is CC(C)[C@@H]1CC[C@H](C)C[C@H]1n1cc(CCCCC#N)nn1. The van der Waals surface area contributed by atoms with Gasteiger partial charge in [-0.05, 0) is 49.9 Å². The van der Waals surface area contributed by atoms with Crippen LogP contribution in [0.1, 0.15) is 71.0 Å². The van der Waals surface area contributed by atoms with E-state index in [0.717, 1.165) is 30.9 Å². The van der Waals surface area contributed by atoms with Crippen LogP contribution in [0.4, 0.5) is 0 Å². The van der Waals surface area contributed by atoms with Crippen LogP contribution >= 0.6 is 0 Å². The molecule has 4 nitrogen and oxygen atoms in total. The first kappa shape index (κ1) is 16.0. The fraction of sp³-hybridized carbons (Fsp3) is 0.824. The maximum atomic E-state index is 8.56. The summed E-state index contributed by atoms with van der Waals surface area (Å²) in [6.07, 6.45) is 9.58. The summed E-state index contributed by atoms with van der Waals surface area (Å²) in [6.45, 7) is 7.00. The van der Waals surface area contributed by atoms with Crippen LogP contribution in [0.15, 0.2) is 6.20 Å². The number of unbranched alkanes of at least 4 members (excludes halogenated alkanes) is 2. The second-order valence-corrected chi connectivity index (χ2v) is 6.95. The van der Waals surface area contributed by atoms with Crippen LogP contribution in [0.2, 0.25) is 0 Å². The van der Waals surface area contributed by atoms with E-state index >= 15 is 0 Å². The van der Waals surface area contributed by atoms with Crippen molar-refractivity contribution in [2.24, 2.45) is 17.8 Å². The predicted octanol–water partition coefficient (Wildman–Crippen LogP) is 4.15. The fourth-order valence-corrected chi connectivity index (χ4v) is 3.56. The quantitative estimate of drug-likeness (QED) is 0.739. The van der Waals surface area contributed by atoms with E-state index in [0.29, 0.717) is 24.3 Å². The Morgan fingerprint density at radius 3 is 2.90 bits per heavy atom. The molecule has 0 bridgehead atoms. The van der Waals surface area contributed by atoms with E-state index in [4.69, 9.17) is 5.26 Å². The second-order valence-electron chi connectivity index (χ2n) is 6.95. The minimum atomic E-state index is 0.508. The summed E-state index contributed by atoms with van der Waals surface area (Å²) in [5.41, 5.74) is 1.08. The summed E-state index contributed by atoms with van der Waals surface area (Å²) in [7, 11) is 0. The van der Waals surface area contributed by atoms with Gasteiger partial charge in [-0.1, -0.05) is 32.4 Å². The van der Waals surface area contributed by atoms with Gasteiger partial charge in [0.15, 0.2) is 0 Å². The van der Waals surface area contributed by atoms with Gasteiger partial charge in [-0.2, -0.15) is 5.26 Å². The summed E-state index contributed by atoms with van der Waals surface area (Å²) < 4.78 is 2.12. The van der Waals surface area contributed by atoms with E-state index in [2.05, 4.69) is 48.0 Å². The molecule has 0 saturated heterocycles. The Hall–Kier alpha value is -1.37. The molecule has 0 aliphatic heterocycles. The van der Waals surface area contributed by atoms with E-state index in [-0.39, 0.29) is 0 Å². The first-order valence-corrected chi connectivity index (χ1v) is 8.39. The van der Waals surface area contributed by atoms with Crippen molar-refractivity contribution in [3.05, 3.63) is 11.9 Å². The third kappa shape index (κ3) is 4.30. The number of hydrogen-bond acceptors (Lipinski definition) is 3. The highest BCUT2D eigenvalue weighted by atomic mass is 15.4. The number of aromatic nitrogens is 3. The van der Waals surface area contributed by atoms with Crippen molar-refractivity contribution in [3.63, 3.8) is 0 Å². The Kier molecular flexibility index (Phi) is 5.78. The number of hydrogen-bond donors (Lipinski definition) is 0. The van der Waals surface area contributed by atoms with E-state index in [1.165, 1.54) is 19.3 Å². The lowest BCUT2D eigenvalue weighted by Crippen LogP contribution is -2.30. The van der Waals surface area contributed by atoms with Crippen LogP contribution in [0, 0.1) is 29.1 Å². The molecule has 4 heteroatoms. The van der Waals surface area contributed by atoms with Gasteiger partial charge in [-0.25, -0.2) is 4.68 Å². The molecular weight excluding hydrogens is 260 g/mol. The zero-order valence-corrected chi connectivity index (χ0v) is 13.6. The third-order valence-corrected chi connectivity index (χ3v) is 4.86. The normalized spacial score (nSPS) is 26.0. The molecule has 1 aromatic rings. The topological polar surface area (TPSA) is 54.5 Å². The van der Waals surface area contributed by atoms with E-state index in [9.17, 15) is 0 Å². The van der Waals surface area contributed by atoms with Crippen molar-refractivity contribution in [3.8, 4) is 6.07 Å². The molecule has 0 radical (unpaired) electrons. The summed E-state index contributed by atoms with van der Waals surface area (Å²) in [5, 5.41) is 17.3. The van der Waals surface area contributed by atoms with Crippen LogP contribution in [0.25, 0.3) is 0 Å². The largest absolute Gasteiger partial charge is 0.249 e. The second kappa shape index (κ2) is 7.59. The van der Waals surface area contributed by atoms with Crippen molar-refractivity contribution >= 4 is 0 Å². The molecular formula is C17H28N4. The maximum absolute atomic E-state index is 8.56. The highest BCUT2D eigenvalue weighted by Gasteiger charge is 2.32. The van der Waals surface area contributed by atoms with E-state index in [1.54, 1.807) is 0 Å². The lowest BCUT2D eigenvalue weighted by molar-refractivity contribution is 0.137. The standard InChI is InChI=1S/C17H28N4/c1-13(2)16-9-8-14(3)11-17(16)21-12-15(19-20-21)7-5-4-6-10-18/h12-14,16-17H,4-9,11H2,1-3H3/t14-,16-,17+/m0/s1. The summed E-state index contributed by atoms with van der Waals surface area (Å²) in [6, 6.07) is 2.70. The molecule has 0 aromatic carbocycles. The molecule has 2 rings (SSSR count). The third-order valence-electron chi connectivity index (χ3n) is 4.86. The number of nitriles is 1. The summed E-state index contributed by atoms with van der Waals surface area (Å²) in [5.74, 6) is 2.20. The van der Waals surface area contributed by atoms with Gasteiger partial charge >= 0.3 is 0 Å². The fourth-order valence-electron chi connectivity index (χ4n) is 3.56. The Morgan fingerprint density at radius 2 is 2.19 bits per heavy atom. The molecule has 3 atom stereocenters. The Balaban J connectivity index is 1.99. The first-order valence-electron chi connectivity index (χ1n) is 8.39. The van der Waals surface area contributed by atoms with Crippen molar-refractivity contribution in [1.82, 2.24) is 15.0 Å². The van der Waals surface area contributed by atoms with Gasteiger partial charge in [0.2, 0.25) is 0 Å². The lowest BCUT2D eigenvalue weighted by atomic mass is 9.74. The molecule has 0 unspecified atom stereocenters. The van der Waals surface area contributed by atoms with Crippen molar-refractivity contribution < 1.29 is 0 Å². The maximum Gasteiger partial charge on any atom is 0.0827 e. The molecule has 1 aliphatic rings. The van der Waals surface area contributed by atoms with Crippen LogP contribution in [-0.4, -0.2) is 15.0 Å². The minimum Gasteiger partial charge on any atom is -0.249 e. The van der Waals surface area contributed by atoms with Gasteiger partial charge in [-0.15, -0.1) is 5.10 Å². The summed E-state index contributed by atoms with van der Waals surface area (Å²) in [4.78, 5) is 0. The average Bonchev–Trinajstić information content (AvgIpc) is 2.92. The number of rotatable bonds is 6. The van der Waals surface area contributed by atoms with Crippen LogP contribution in [0.5, 0.6) is 0 Å². The molecule has 1 fully saturated rings. The smallest absolute Gasteiger partial charge is 0.0827 e. The highest BCUT2D eigenvalue weighted by molar-refractivity contribution is 4.96. The Labute approximate surface area is 128 Å². The monoisotopic (exact) mass is 288 g/mol. The van der Waals surface area contributed by atoms with E-state index in [1.807, 2.05) is 0 Å². The number of nitrogens with zero attached hydrogens (tertiary/aromatic N) is 4. The van der Waals surface area contributed by atoms with Crippen LogP contribution in [-0.2, 0) is 6.42 Å². The zero-order valence-electron chi connectivity index (χ0n) is 13.6. The molecule has 1 aromatic heterocycles. The van der Waals surface area contributed by atoms with Gasteiger partial charge in [0.05, 0.1) is 17.8 Å². The number of aryl methyl sites for hydroxylation is 1. The van der Waals surface area contributed by atoms with Crippen LogP contribution < -0.4 is 0 Å². The molecule has 0 spiro atoms. The van der Waals surface area contributed by atoms with Gasteiger partial charge in [0.25, 0.3) is 0 Å². The zero-order chi connectivity index (χ0) is 15.2. The molecule has 116 valence electrons. The van der Waals surface area contributed by atoms with Crippen LogP contribution in [0.3, 0.4) is 0 Å².